The fourth-order valence-electron chi connectivity index (χ4n) is 8.89. The Labute approximate surface area is 301 Å². The Morgan fingerprint density at radius 1 is 0.327 bits per heavy atom. The highest BCUT2D eigenvalue weighted by Crippen LogP contribution is 2.47. The molecule has 0 aliphatic heterocycles. The van der Waals surface area contributed by atoms with E-state index in [2.05, 4.69) is 193 Å². The zero-order chi connectivity index (χ0) is 34.2. The van der Waals surface area contributed by atoms with E-state index in [1.807, 2.05) is 0 Å². The second-order valence-corrected chi connectivity index (χ2v) is 14.0. The average molecular weight is 660 g/mol. The summed E-state index contributed by atoms with van der Waals surface area (Å²) in [5.41, 5.74) is 6.15. The van der Waals surface area contributed by atoms with E-state index < -0.39 is 0 Å². The molecule has 0 spiro atoms. The molecule has 0 fully saturated rings. The largest absolute Gasteiger partial charge is 0.336 e. The van der Waals surface area contributed by atoms with Crippen molar-refractivity contribution in [2.75, 3.05) is 4.90 Å². The quantitative estimate of drug-likeness (QED) is 0.166. The smallest absolute Gasteiger partial charge is 0.0500 e. The van der Waals surface area contributed by atoms with Gasteiger partial charge in [0.05, 0.1) is 0 Å². The third kappa shape index (κ3) is 4.36. The first kappa shape index (κ1) is 29.1. The molecule has 242 valence electrons. The van der Waals surface area contributed by atoms with Gasteiger partial charge in [-0.15, -0.1) is 0 Å². The van der Waals surface area contributed by atoms with Crippen LogP contribution in [0.2, 0.25) is 0 Å². The van der Waals surface area contributed by atoms with Crippen molar-refractivity contribution in [2.45, 2.75) is 6.54 Å². The van der Waals surface area contributed by atoms with Gasteiger partial charge in [0.15, 0.2) is 0 Å². The summed E-state index contributed by atoms with van der Waals surface area (Å²) >= 11 is 0. The fraction of sp³-hybridized carbons (Fsp3) is 0.0196. The maximum absolute atomic E-state index is 2.55. The Hall–Kier alpha value is -6.70. The molecule has 0 heterocycles. The lowest BCUT2D eigenvalue weighted by molar-refractivity contribution is 0.985. The molecule has 0 aliphatic rings. The number of hydrogen-bond acceptors (Lipinski definition) is 1. The van der Waals surface area contributed by atoms with Gasteiger partial charge in [0.2, 0.25) is 0 Å². The van der Waals surface area contributed by atoms with Crippen LogP contribution in [-0.2, 0) is 6.54 Å². The maximum Gasteiger partial charge on any atom is 0.0500 e. The molecular weight excluding hydrogens is 627 g/mol. The van der Waals surface area contributed by atoms with E-state index >= 15 is 0 Å². The number of fused-ring (bicyclic) bond motifs is 3. The van der Waals surface area contributed by atoms with Crippen LogP contribution < -0.4 is 4.90 Å². The number of hydrogen-bond donors (Lipinski definition) is 0. The summed E-state index contributed by atoms with van der Waals surface area (Å²) in [4.78, 5) is 2.55. The van der Waals surface area contributed by atoms with Crippen LogP contribution in [0.1, 0.15) is 5.56 Å². The van der Waals surface area contributed by atoms with E-state index in [0.29, 0.717) is 6.54 Å². The van der Waals surface area contributed by atoms with Gasteiger partial charge in [-0.3, -0.25) is 0 Å². The van der Waals surface area contributed by atoms with Crippen molar-refractivity contribution in [3.05, 3.63) is 194 Å². The SMILES string of the molecule is c1ccc(-c2ccccc2CN(c2ccc3ccccc3c2)c2cc3cccc4c5cccc6ccc7cccc(c8cccc2c8c34)c7c65)cc1. The molecule has 0 unspecified atom stereocenters. The predicted molar refractivity (Wildman–Crippen MR) is 224 cm³/mol. The Morgan fingerprint density at radius 3 is 1.58 bits per heavy atom. The lowest BCUT2D eigenvalue weighted by Crippen LogP contribution is -2.17. The molecule has 0 bridgehead atoms. The van der Waals surface area contributed by atoms with E-state index in [4.69, 9.17) is 0 Å². The van der Waals surface area contributed by atoms with Crippen LogP contribution in [0.25, 0.3) is 86.5 Å². The predicted octanol–water partition coefficient (Wildman–Crippen LogP) is 14.2. The lowest BCUT2D eigenvalue weighted by atomic mass is 9.87. The van der Waals surface area contributed by atoms with E-state index in [1.165, 1.54) is 103 Å². The van der Waals surface area contributed by atoms with Gasteiger partial charge in [-0.05, 0) is 99.5 Å². The van der Waals surface area contributed by atoms with Crippen molar-refractivity contribution < 1.29 is 0 Å². The summed E-state index contributed by atoms with van der Waals surface area (Å²) in [5.74, 6) is 0. The van der Waals surface area contributed by atoms with Gasteiger partial charge >= 0.3 is 0 Å². The second kappa shape index (κ2) is 11.4. The van der Waals surface area contributed by atoms with Crippen molar-refractivity contribution in [3.8, 4) is 11.1 Å². The summed E-state index contributed by atoms with van der Waals surface area (Å²) in [5, 5.41) is 18.0. The Balaban J connectivity index is 1.28. The molecule has 0 radical (unpaired) electrons. The topological polar surface area (TPSA) is 3.24 Å². The minimum atomic E-state index is 0.714. The Morgan fingerprint density at radius 2 is 0.846 bits per heavy atom. The standard InChI is InChI=1S/C51H33N/c1-2-13-34(14-3-1)41-20-7-6-16-39(41)32-52(40-29-28-33-12-4-5-15-37(33)30-40)47-31-38-19-10-23-43-42-21-8-17-35-26-27-36-18-9-22-44(49(36)48(35)42)45-24-11-25-46(47)51(45)50(38)43/h1-31H,32H2. The van der Waals surface area contributed by atoms with Crippen LogP contribution in [0.15, 0.2) is 188 Å². The van der Waals surface area contributed by atoms with E-state index in [9.17, 15) is 0 Å². The summed E-state index contributed by atoms with van der Waals surface area (Å²) in [6.45, 7) is 0.714. The van der Waals surface area contributed by atoms with Crippen molar-refractivity contribution >= 4 is 86.8 Å². The van der Waals surface area contributed by atoms with Crippen molar-refractivity contribution in [1.82, 2.24) is 0 Å². The first-order valence-electron chi connectivity index (χ1n) is 18.1. The number of rotatable bonds is 5. The molecule has 11 aromatic rings. The summed E-state index contributed by atoms with van der Waals surface area (Å²) in [6.07, 6.45) is 0. The second-order valence-electron chi connectivity index (χ2n) is 14.0. The van der Waals surface area contributed by atoms with Crippen molar-refractivity contribution in [2.24, 2.45) is 0 Å². The van der Waals surface area contributed by atoms with Gasteiger partial charge in [0, 0.05) is 28.7 Å². The minimum absolute atomic E-state index is 0.714. The highest BCUT2D eigenvalue weighted by molar-refractivity contribution is 6.38. The molecule has 0 amide bonds. The molecule has 52 heavy (non-hydrogen) atoms. The monoisotopic (exact) mass is 659 g/mol. The van der Waals surface area contributed by atoms with Crippen LogP contribution in [0.5, 0.6) is 0 Å². The maximum atomic E-state index is 2.55. The van der Waals surface area contributed by atoms with Gasteiger partial charge in [-0.2, -0.15) is 0 Å². The van der Waals surface area contributed by atoms with E-state index in [1.54, 1.807) is 0 Å². The van der Waals surface area contributed by atoms with Crippen molar-refractivity contribution in [1.29, 1.82) is 0 Å². The van der Waals surface area contributed by atoms with Crippen LogP contribution in [0.3, 0.4) is 0 Å². The zero-order valence-corrected chi connectivity index (χ0v) is 28.6. The molecule has 1 nitrogen and oxygen atoms in total. The molecule has 0 saturated heterocycles. The molecule has 0 N–H and O–H groups in total. The molecule has 1 heteroatoms. The average Bonchev–Trinajstić information content (AvgIpc) is 3.21. The number of benzene rings is 10. The summed E-state index contributed by atoms with van der Waals surface area (Å²) in [7, 11) is 0. The Bertz CT molecular complexity index is 3160. The summed E-state index contributed by atoms with van der Waals surface area (Å²) < 4.78 is 0. The van der Waals surface area contributed by atoms with Crippen LogP contribution in [-0.4, -0.2) is 0 Å². The highest BCUT2D eigenvalue weighted by atomic mass is 15.1. The third-order valence-electron chi connectivity index (χ3n) is 11.2. The minimum Gasteiger partial charge on any atom is -0.336 e. The van der Waals surface area contributed by atoms with Gasteiger partial charge in [0.1, 0.15) is 0 Å². The molecule has 11 aromatic carbocycles. The lowest BCUT2D eigenvalue weighted by Gasteiger charge is -2.29. The normalized spacial score (nSPS) is 11.9. The molecular formula is C51H33N. The van der Waals surface area contributed by atoms with E-state index in [-0.39, 0.29) is 0 Å². The van der Waals surface area contributed by atoms with Crippen LogP contribution >= 0.6 is 0 Å². The van der Waals surface area contributed by atoms with Gasteiger partial charge in [-0.1, -0.05) is 170 Å². The number of nitrogens with zero attached hydrogens (tertiary/aromatic N) is 1. The first-order valence-corrected chi connectivity index (χ1v) is 18.1. The molecule has 0 aromatic heterocycles. The number of anilines is 2. The third-order valence-corrected chi connectivity index (χ3v) is 11.2. The van der Waals surface area contributed by atoms with Crippen LogP contribution in [0, 0.1) is 0 Å². The van der Waals surface area contributed by atoms with Gasteiger partial charge < -0.3 is 4.90 Å². The van der Waals surface area contributed by atoms with Gasteiger partial charge in [0.25, 0.3) is 0 Å². The van der Waals surface area contributed by atoms with Gasteiger partial charge in [-0.25, -0.2) is 0 Å². The fourth-order valence-corrected chi connectivity index (χ4v) is 8.89. The van der Waals surface area contributed by atoms with Crippen LogP contribution in [0.4, 0.5) is 11.4 Å². The summed E-state index contributed by atoms with van der Waals surface area (Å²) in [6, 6.07) is 69.7. The van der Waals surface area contributed by atoms with E-state index in [0.717, 1.165) is 0 Å². The molecule has 11 rings (SSSR count). The van der Waals surface area contributed by atoms with Crippen molar-refractivity contribution in [3.63, 3.8) is 0 Å². The molecule has 0 aliphatic carbocycles. The zero-order valence-electron chi connectivity index (χ0n) is 28.6. The Kier molecular flexibility index (Phi) is 6.38. The first-order chi connectivity index (χ1) is 25.8. The molecule has 0 saturated carbocycles. The highest BCUT2D eigenvalue weighted by Gasteiger charge is 2.21. The molecule has 0 atom stereocenters.